The van der Waals surface area contributed by atoms with Crippen LogP contribution < -0.4 is 0 Å². The predicted molar refractivity (Wildman–Crippen MR) is 116 cm³/mol. The van der Waals surface area contributed by atoms with Crippen molar-refractivity contribution in [2.24, 2.45) is 22.7 Å². The Balaban J connectivity index is 1.57. The quantitative estimate of drug-likeness (QED) is 0.405. The molecule has 3 N–H and O–H groups in total. The molecule has 6 atom stereocenters. The fraction of sp³-hybridized carbons (Fsp3) is 0.680. The van der Waals surface area contributed by atoms with Crippen LogP contribution >= 0.6 is 0 Å². The Hall–Kier alpha value is -2.32. The van der Waals surface area contributed by atoms with Crippen LogP contribution in [0.3, 0.4) is 0 Å². The molecule has 2 saturated carbocycles. The van der Waals surface area contributed by atoms with E-state index in [0.29, 0.717) is 12.8 Å². The first kappa shape index (κ1) is 23.8. The largest absolute Gasteiger partial charge is 0.481 e. The van der Waals surface area contributed by atoms with Crippen molar-refractivity contribution < 1.29 is 39.2 Å². The van der Waals surface area contributed by atoms with Gasteiger partial charge >= 0.3 is 11.9 Å². The monoisotopic (exact) mass is 460 g/mol. The number of fused-ring (bicyclic) bond motifs is 5. The highest BCUT2D eigenvalue weighted by atomic mass is 16.5. The molecule has 0 aromatic heterocycles. The van der Waals surface area contributed by atoms with E-state index in [1.54, 1.807) is 6.08 Å². The van der Waals surface area contributed by atoms with Crippen molar-refractivity contribution in [1.82, 2.24) is 0 Å². The summed E-state index contributed by atoms with van der Waals surface area (Å²) in [6.07, 6.45) is 5.31. The van der Waals surface area contributed by atoms with Gasteiger partial charge in [-0.15, -0.1) is 0 Å². The topological polar surface area (TPSA) is 138 Å². The molecule has 0 bridgehead atoms. The molecule has 0 aromatic carbocycles. The van der Waals surface area contributed by atoms with Crippen LogP contribution in [-0.4, -0.2) is 57.1 Å². The summed E-state index contributed by atoms with van der Waals surface area (Å²) in [7, 11) is 0. The molecule has 0 radical (unpaired) electrons. The van der Waals surface area contributed by atoms with Gasteiger partial charge in [-0.1, -0.05) is 31.1 Å². The molecule has 4 aliphatic rings. The Labute approximate surface area is 192 Å². The number of aliphatic hydroxyl groups excluding tert-OH is 1. The number of hydrogen-bond donors (Lipinski definition) is 3. The van der Waals surface area contributed by atoms with Crippen LogP contribution in [0.4, 0.5) is 0 Å². The van der Waals surface area contributed by atoms with Gasteiger partial charge in [0.1, 0.15) is 0 Å². The second-order valence-electron chi connectivity index (χ2n) is 10.5. The lowest BCUT2D eigenvalue weighted by atomic mass is 9.50. The van der Waals surface area contributed by atoms with Crippen LogP contribution in [-0.2, 0) is 23.9 Å². The van der Waals surface area contributed by atoms with Crippen LogP contribution in [0.25, 0.3) is 0 Å². The Morgan fingerprint density at radius 1 is 1.18 bits per heavy atom. The molecule has 0 aliphatic heterocycles. The van der Waals surface area contributed by atoms with Crippen LogP contribution in [0.5, 0.6) is 0 Å². The number of allylic oxidation sites excluding steroid dienone is 4. The van der Waals surface area contributed by atoms with Crippen molar-refractivity contribution in [2.75, 3.05) is 6.61 Å². The lowest BCUT2D eigenvalue weighted by Gasteiger charge is -2.54. The number of aliphatic hydroxyl groups is 2. The third kappa shape index (κ3) is 3.58. The number of carbonyl (C=O) groups excluding carboxylic acids is 3. The van der Waals surface area contributed by atoms with Crippen LogP contribution in [0.1, 0.15) is 65.2 Å². The fourth-order valence-electron chi connectivity index (χ4n) is 6.92. The minimum atomic E-state index is -2.06. The van der Waals surface area contributed by atoms with Gasteiger partial charge in [0.25, 0.3) is 0 Å². The molecule has 0 saturated heterocycles. The number of carboxylic acid groups (broad SMARTS) is 1. The molecule has 180 valence electrons. The van der Waals surface area contributed by atoms with Gasteiger partial charge in [-0.05, 0) is 50.0 Å². The Morgan fingerprint density at radius 2 is 1.91 bits per heavy atom. The zero-order valence-electron chi connectivity index (χ0n) is 19.1. The zero-order chi connectivity index (χ0) is 24.2. The van der Waals surface area contributed by atoms with E-state index in [9.17, 15) is 29.4 Å². The third-order valence-electron chi connectivity index (χ3n) is 8.89. The molecule has 0 heterocycles. The molecule has 8 heteroatoms. The molecule has 0 unspecified atom stereocenters. The Morgan fingerprint density at radius 3 is 2.61 bits per heavy atom. The second kappa shape index (κ2) is 8.17. The first-order chi connectivity index (χ1) is 15.4. The van der Waals surface area contributed by atoms with Crippen LogP contribution in [0.2, 0.25) is 0 Å². The number of carbonyl (C=O) groups is 4. The lowest BCUT2D eigenvalue weighted by molar-refractivity contribution is -0.174. The highest BCUT2D eigenvalue weighted by molar-refractivity contribution is 5.93. The number of carboxylic acids is 1. The van der Waals surface area contributed by atoms with E-state index in [0.717, 1.165) is 24.8 Å². The number of Topliss-reactive ketones (excluding diaryl/α,β-unsaturated/α-hetero) is 1. The predicted octanol–water partition coefficient (Wildman–Crippen LogP) is 2.12. The van der Waals surface area contributed by atoms with Crippen molar-refractivity contribution >= 4 is 23.5 Å². The van der Waals surface area contributed by atoms with Gasteiger partial charge in [-0.2, -0.15) is 0 Å². The summed E-state index contributed by atoms with van der Waals surface area (Å²) in [5.41, 5.74) is -0.783. The first-order valence-corrected chi connectivity index (χ1v) is 11.7. The number of hydrogen-bond acceptors (Lipinski definition) is 7. The summed E-state index contributed by atoms with van der Waals surface area (Å²) in [4.78, 5) is 47.5. The molecule has 4 rings (SSSR count). The molecule has 0 amide bonds. The van der Waals surface area contributed by atoms with Crippen molar-refractivity contribution in [1.29, 1.82) is 0 Å². The lowest BCUT2D eigenvalue weighted by Crippen LogP contribution is -2.59. The summed E-state index contributed by atoms with van der Waals surface area (Å²) in [6, 6.07) is 0. The Kier molecular flexibility index (Phi) is 5.90. The molecule has 0 spiro atoms. The highest BCUT2D eigenvalue weighted by Crippen LogP contribution is 2.65. The van der Waals surface area contributed by atoms with Gasteiger partial charge in [0.15, 0.2) is 18.0 Å². The minimum Gasteiger partial charge on any atom is -0.481 e. The van der Waals surface area contributed by atoms with Gasteiger partial charge in [-0.3, -0.25) is 19.2 Å². The minimum absolute atomic E-state index is 0.0914. The van der Waals surface area contributed by atoms with Gasteiger partial charge in [0, 0.05) is 17.3 Å². The summed E-state index contributed by atoms with van der Waals surface area (Å²) in [5, 5.41) is 31.2. The van der Waals surface area contributed by atoms with Gasteiger partial charge < -0.3 is 20.1 Å². The summed E-state index contributed by atoms with van der Waals surface area (Å²) < 4.78 is 4.93. The number of esters is 1. The second-order valence-corrected chi connectivity index (χ2v) is 10.5. The van der Waals surface area contributed by atoms with E-state index in [1.807, 2.05) is 6.92 Å². The molecular weight excluding hydrogens is 428 g/mol. The Bertz CT molecular complexity index is 963. The normalized spacial score (nSPS) is 39.5. The smallest absolute Gasteiger partial charge is 0.306 e. The summed E-state index contributed by atoms with van der Waals surface area (Å²) >= 11 is 0. The van der Waals surface area contributed by atoms with Crippen molar-refractivity contribution in [3.05, 3.63) is 23.3 Å². The average molecular weight is 461 g/mol. The number of rotatable bonds is 6. The number of ketones is 2. The standard InChI is InChI=1S/C25H32O8/c1-23-9-7-15(26)11-14(23)3-4-16-17(23)8-10-24(2)18(16)12-19(27)25(24,32)20(28)13-33-22(31)6-5-21(29)30/h8,11,16,18-19,27,32H,3-7,9-10,12-13H2,1-2H3,(H,29,30)/t16-,18+,19-,23+,24+,25+/m1/s1. The highest BCUT2D eigenvalue weighted by Gasteiger charge is 2.68. The number of ether oxygens (including phenoxy) is 1. The van der Waals surface area contributed by atoms with E-state index in [4.69, 9.17) is 9.84 Å². The van der Waals surface area contributed by atoms with E-state index in [-0.39, 0.29) is 35.9 Å². The van der Waals surface area contributed by atoms with E-state index in [1.165, 1.54) is 5.57 Å². The van der Waals surface area contributed by atoms with Crippen LogP contribution in [0, 0.1) is 22.7 Å². The number of aliphatic carboxylic acids is 1. The van der Waals surface area contributed by atoms with E-state index < -0.39 is 47.9 Å². The molecule has 33 heavy (non-hydrogen) atoms. The zero-order valence-corrected chi connectivity index (χ0v) is 19.1. The van der Waals surface area contributed by atoms with E-state index >= 15 is 0 Å². The van der Waals surface area contributed by atoms with Gasteiger partial charge in [0.05, 0.1) is 18.9 Å². The average Bonchev–Trinajstić information content (AvgIpc) is 2.98. The van der Waals surface area contributed by atoms with Crippen LogP contribution in [0.15, 0.2) is 23.3 Å². The maximum Gasteiger partial charge on any atom is 0.306 e. The molecule has 2 fully saturated rings. The molecule has 4 aliphatic carbocycles. The first-order valence-electron chi connectivity index (χ1n) is 11.7. The molecular formula is C25H32O8. The molecule has 8 nitrogen and oxygen atoms in total. The van der Waals surface area contributed by atoms with Gasteiger partial charge in [0.2, 0.25) is 5.78 Å². The molecule has 0 aromatic rings. The SMILES string of the molecule is C[C@]12CCC(=O)C=C1CC[C@@H]1C2=CC[C@@]2(C)[C@H]1C[C@@H](O)[C@]2(O)C(=O)COC(=O)CCC(=O)O. The van der Waals surface area contributed by atoms with Crippen molar-refractivity contribution in [3.63, 3.8) is 0 Å². The maximum atomic E-state index is 13.1. The summed E-state index contributed by atoms with van der Waals surface area (Å²) in [6.45, 7) is 3.29. The van der Waals surface area contributed by atoms with Crippen molar-refractivity contribution in [3.8, 4) is 0 Å². The maximum absolute atomic E-state index is 13.1. The van der Waals surface area contributed by atoms with E-state index in [2.05, 4.69) is 13.0 Å². The fourth-order valence-corrected chi connectivity index (χ4v) is 6.92. The summed E-state index contributed by atoms with van der Waals surface area (Å²) in [5.74, 6) is -2.61. The van der Waals surface area contributed by atoms with Crippen molar-refractivity contribution in [2.45, 2.75) is 76.9 Å². The third-order valence-corrected chi connectivity index (χ3v) is 8.89. The van der Waals surface area contributed by atoms with Gasteiger partial charge in [-0.25, -0.2) is 0 Å².